The van der Waals surface area contributed by atoms with Crippen molar-refractivity contribution in [2.24, 2.45) is 5.92 Å². The third kappa shape index (κ3) is 7.72. The number of aliphatic carboxylic acids is 1. The number of H-pyrrole nitrogens is 1. The number of benzene rings is 1. The molecule has 4 atom stereocenters. The van der Waals surface area contributed by atoms with Crippen molar-refractivity contribution in [2.45, 2.75) is 63.7 Å². The van der Waals surface area contributed by atoms with E-state index in [1.807, 2.05) is 44.4 Å². The number of carbonyl (C=O) groups excluding carboxylic acids is 3. The summed E-state index contributed by atoms with van der Waals surface area (Å²) in [5, 5.41) is 22.0. The molecule has 1 fully saturated rings. The predicted molar refractivity (Wildman–Crippen MR) is 144 cm³/mol. The molecule has 0 aliphatic carbocycles. The lowest BCUT2D eigenvalue weighted by atomic mass is 10.0. The van der Waals surface area contributed by atoms with Crippen LogP contribution in [0, 0.1) is 5.92 Å². The summed E-state index contributed by atoms with van der Waals surface area (Å²) in [5.41, 5.74) is 1.66. The van der Waals surface area contributed by atoms with Gasteiger partial charge in [-0.25, -0.2) is 4.79 Å². The first-order chi connectivity index (χ1) is 17.7. The number of hydrogen-bond donors (Lipinski definition) is 6. The first-order valence-corrected chi connectivity index (χ1v) is 14.0. The van der Waals surface area contributed by atoms with E-state index in [-0.39, 0.29) is 24.3 Å². The zero-order valence-corrected chi connectivity index (χ0v) is 22.3. The zero-order valence-electron chi connectivity index (χ0n) is 21.5. The third-order valence-corrected chi connectivity index (χ3v) is 7.22. The number of para-hydroxylation sites is 1. The van der Waals surface area contributed by atoms with Gasteiger partial charge in [0.2, 0.25) is 17.7 Å². The molecule has 2 heterocycles. The third-order valence-electron chi connectivity index (χ3n) is 6.58. The van der Waals surface area contributed by atoms with Crippen LogP contribution in [0.4, 0.5) is 0 Å². The molecule has 10 nitrogen and oxygen atoms in total. The highest BCUT2D eigenvalue weighted by molar-refractivity contribution is 7.98. The van der Waals surface area contributed by atoms with Gasteiger partial charge in [0.25, 0.3) is 0 Å². The number of aromatic nitrogens is 1. The maximum Gasteiger partial charge on any atom is 0.326 e. The van der Waals surface area contributed by atoms with Crippen LogP contribution in [0.3, 0.4) is 0 Å². The van der Waals surface area contributed by atoms with Gasteiger partial charge in [-0.15, -0.1) is 0 Å². The molecule has 3 rings (SSSR count). The average Bonchev–Trinajstić information content (AvgIpc) is 3.55. The van der Waals surface area contributed by atoms with E-state index in [1.165, 1.54) is 11.8 Å². The van der Waals surface area contributed by atoms with Gasteiger partial charge in [-0.1, -0.05) is 32.0 Å². The number of rotatable bonds is 13. The molecule has 1 aliphatic heterocycles. The fourth-order valence-electron chi connectivity index (χ4n) is 4.46. The van der Waals surface area contributed by atoms with Crippen LogP contribution in [0.1, 0.15) is 38.7 Å². The predicted octanol–water partition coefficient (Wildman–Crippen LogP) is 1.41. The number of carboxylic acids is 1. The minimum atomic E-state index is -1.17. The van der Waals surface area contributed by atoms with Crippen molar-refractivity contribution >= 4 is 46.4 Å². The van der Waals surface area contributed by atoms with Crippen LogP contribution in [0.15, 0.2) is 30.5 Å². The molecule has 0 bridgehead atoms. The Morgan fingerprint density at radius 2 is 1.81 bits per heavy atom. The first kappa shape index (κ1) is 28.5. The van der Waals surface area contributed by atoms with Crippen LogP contribution in [0.2, 0.25) is 0 Å². The molecule has 1 aliphatic rings. The highest BCUT2D eigenvalue weighted by Gasteiger charge is 2.32. The topological polar surface area (TPSA) is 152 Å². The van der Waals surface area contributed by atoms with Crippen molar-refractivity contribution in [3.05, 3.63) is 36.0 Å². The maximum atomic E-state index is 13.2. The fourth-order valence-corrected chi connectivity index (χ4v) is 4.93. The van der Waals surface area contributed by atoms with Crippen LogP contribution in [0.25, 0.3) is 10.9 Å². The lowest BCUT2D eigenvalue weighted by Crippen LogP contribution is -2.58. The minimum Gasteiger partial charge on any atom is -0.480 e. The summed E-state index contributed by atoms with van der Waals surface area (Å²) in [4.78, 5) is 54.2. The van der Waals surface area contributed by atoms with Crippen LogP contribution in [-0.4, -0.2) is 76.5 Å². The quantitative estimate of drug-likeness (QED) is 0.229. The summed E-state index contributed by atoms with van der Waals surface area (Å²) in [5.74, 6) is -2.05. The number of carbonyl (C=O) groups is 4. The van der Waals surface area contributed by atoms with Crippen molar-refractivity contribution < 1.29 is 24.3 Å². The molecule has 37 heavy (non-hydrogen) atoms. The summed E-state index contributed by atoms with van der Waals surface area (Å²) in [7, 11) is 0. The highest BCUT2D eigenvalue weighted by atomic mass is 32.2. The van der Waals surface area contributed by atoms with Crippen molar-refractivity contribution in [2.75, 3.05) is 18.6 Å². The Bertz CT molecular complexity index is 1100. The molecule has 1 aromatic heterocycles. The van der Waals surface area contributed by atoms with Crippen molar-refractivity contribution in [1.82, 2.24) is 26.3 Å². The SMILES string of the molecule is CSCCC(NC(=O)C(NC(=O)C1CCCN1)C(C)C)C(=O)NC(Cc1c[nH]c2ccccc12)C(=O)O. The molecule has 11 heteroatoms. The van der Waals surface area contributed by atoms with E-state index in [0.717, 1.165) is 29.4 Å². The second kappa shape index (κ2) is 13.5. The van der Waals surface area contributed by atoms with Crippen LogP contribution in [-0.2, 0) is 25.6 Å². The molecule has 202 valence electrons. The van der Waals surface area contributed by atoms with Gasteiger partial charge < -0.3 is 31.4 Å². The number of aromatic amines is 1. The van der Waals surface area contributed by atoms with Gasteiger partial charge in [0.15, 0.2) is 0 Å². The average molecular weight is 532 g/mol. The Hall–Kier alpha value is -3.05. The molecule has 1 aromatic carbocycles. The molecule has 0 saturated carbocycles. The normalized spacial score (nSPS) is 17.8. The van der Waals surface area contributed by atoms with E-state index in [1.54, 1.807) is 6.20 Å². The van der Waals surface area contributed by atoms with Gasteiger partial charge >= 0.3 is 5.97 Å². The van der Waals surface area contributed by atoms with E-state index in [9.17, 15) is 24.3 Å². The zero-order chi connectivity index (χ0) is 26.9. The lowest BCUT2D eigenvalue weighted by molar-refractivity contribution is -0.142. The van der Waals surface area contributed by atoms with E-state index >= 15 is 0 Å². The number of hydrogen-bond acceptors (Lipinski definition) is 6. The van der Waals surface area contributed by atoms with E-state index < -0.39 is 35.9 Å². The number of carboxylic acid groups (broad SMARTS) is 1. The molecule has 2 aromatic rings. The molecular weight excluding hydrogens is 494 g/mol. The molecule has 0 spiro atoms. The van der Waals surface area contributed by atoms with Crippen molar-refractivity contribution in [1.29, 1.82) is 0 Å². The van der Waals surface area contributed by atoms with E-state index in [0.29, 0.717) is 18.6 Å². The Kier molecular flexibility index (Phi) is 10.4. The number of thioether (sulfide) groups is 1. The molecule has 4 unspecified atom stereocenters. The molecule has 6 N–H and O–H groups in total. The summed E-state index contributed by atoms with van der Waals surface area (Å²) >= 11 is 1.52. The van der Waals surface area contributed by atoms with Crippen LogP contribution >= 0.6 is 11.8 Å². The molecule has 3 amide bonds. The number of fused-ring (bicyclic) bond motifs is 1. The van der Waals surface area contributed by atoms with Gasteiger partial charge in [0, 0.05) is 23.5 Å². The highest BCUT2D eigenvalue weighted by Crippen LogP contribution is 2.19. The second-order valence-corrected chi connectivity index (χ2v) is 10.7. The number of amides is 3. The van der Waals surface area contributed by atoms with Gasteiger partial charge in [0.05, 0.1) is 6.04 Å². The Morgan fingerprint density at radius 1 is 1.08 bits per heavy atom. The minimum absolute atomic E-state index is 0.0906. The Balaban J connectivity index is 1.69. The summed E-state index contributed by atoms with van der Waals surface area (Å²) in [6.45, 7) is 4.41. The van der Waals surface area contributed by atoms with E-state index in [2.05, 4.69) is 26.3 Å². The first-order valence-electron chi connectivity index (χ1n) is 12.6. The van der Waals surface area contributed by atoms with Gasteiger partial charge in [-0.05, 0) is 55.4 Å². The smallest absolute Gasteiger partial charge is 0.326 e. The summed E-state index contributed by atoms with van der Waals surface area (Å²) in [6.07, 6.45) is 5.66. The number of nitrogens with one attached hydrogen (secondary N) is 5. The Morgan fingerprint density at radius 3 is 2.46 bits per heavy atom. The standard InChI is InChI=1S/C26H37N5O5S/c1-15(2)22(31-23(32)19-9-6-11-27-19)25(34)29-20(10-12-37-3)24(33)30-21(26(35)36)13-16-14-28-18-8-5-4-7-17(16)18/h4-5,7-8,14-15,19-22,27-28H,6,9-13H2,1-3H3,(H,29,34)(H,30,33)(H,31,32)(H,35,36). The molecule has 0 radical (unpaired) electrons. The largest absolute Gasteiger partial charge is 0.480 e. The van der Waals surface area contributed by atoms with Gasteiger partial charge in [-0.2, -0.15) is 11.8 Å². The molecule has 1 saturated heterocycles. The molecular formula is C26H37N5O5S. The van der Waals surface area contributed by atoms with E-state index in [4.69, 9.17) is 0 Å². The van der Waals surface area contributed by atoms with Gasteiger partial charge in [0.1, 0.15) is 18.1 Å². The summed E-state index contributed by atoms with van der Waals surface area (Å²) < 4.78 is 0. The van der Waals surface area contributed by atoms with Crippen molar-refractivity contribution in [3.63, 3.8) is 0 Å². The monoisotopic (exact) mass is 531 g/mol. The van der Waals surface area contributed by atoms with Crippen LogP contribution in [0.5, 0.6) is 0 Å². The summed E-state index contributed by atoms with van der Waals surface area (Å²) in [6, 6.07) is 4.29. The van der Waals surface area contributed by atoms with Crippen LogP contribution < -0.4 is 21.3 Å². The second-order valence-electron chi connectivity index (χ2n) is 9.68. The Labute approximate surface area is 221 Å². The van der Waals surface area contributed by atoms with Crippen molar-refractivity contribution in [3.8, 4) is 0 Å². The lowest BCUT2D eigenvalue weighted by Gasteiger charge is -2.27. The van der Waals surface area contributed by atoms with Gasteiger partial charge in [-0.3, -0.25) is 14.4 Å². The maximum absolute atomic E-state index is 13.2. The fraction of sp³-hybridized carbons (Fsp3) is 0.538.